The lowest BCUT2D eigenvalue weighted by Crippen LogP contribution is -2.16. The Labute approximate surface area is 84.6 Å². The molecule has 1 heteroatoms. The maximum atomic E-state index is 3.79. The van der Waals surface area contributed by atoms with Crippen molar-refractivity contribution in [3.63, 3.8) is 0 Å². The highest BCUT2D eigenvalue weighted by molar-refractivity contribution is 9.09. The van der Waals surface area contributed by atoms with Crippen molar-refractivity contribution in [3.05, 3.63) is 12.2 Å². The van der Waals surface area contributed by atoms with E-state index in [1.54, 1.807) is 0 Å². The quantitative estimate of drug-likeness (QED) is 0.505. The molecule has 2 unspecified atom stereocenters. The lowest BCUT2D eigenvalue weighted by molar-refractivity contribution is 0.460. The third-order valence-corrected chi connectivity index (χ3v) is 3.51. The highest BCUT2D eigenvalue weighted by Gasteiger charge is 2.18. The smallest absolute Gasteiger partial charge is 0.0211 e. The number of rotatable bonds is 3. The summed E-state index contributed by atoms with van der Waals surface area (Å²) in [5.41, 5.74) is 0. The van der Waals surface area contributed by atoms with Gasteiger partial charge in [0.1, 0.15) is 0 Å². The van der Waals surface area contributed by atoms with Crippen LogP contribution in [0.4, 0.5) is 0 Å². The molecule has 0 fully saturated rings. The molecule has 0 nitrogen and oxygen atoms in total. The van der Waals surface area contributed by atoms with Crippen molar-refractivity contribution >= 4 is 15.9 Å². The van der Waals surface area contributed by atoms with Crippen LogP contribution >= 0.6 is 15.9 Å². The summed E-state index contributed by atoms with van der Waals surface area (Å²) in [7, 11) is 0. The Hall–Kier alpha value is 0.220. The van der Waals surface area contributed by atoms with E-state index in [9.17, 15) is 0 Å². The van der Waals surface area contributed by atoms with Crippen LogP contribution < -0.4 is 0 Å². The molecular formula is C11H19Br. The minimum absolute atomic E-state index is 0.703. The number of halogens is 1. The van der Waals surface area contributed by atoms with Crippen LogP contribution in [-0.4, -0.2) is 4.83 Å². The molecule has 0 heterocycles. The summed E-state index contributed by atoms with van der Waals surface area (Å²) in [6, 6.07) is 0. The van der Waals surface area contributed by atoms with Crippen molar-refractivity contribution in [3.8, 4) is 0 Å². The van der Waals surface area contributed by atoms with Crippen LogP contribution in [0.3, 0.4) is 0 Å². The van der Waals surface area contributed by atoms with Crippen molar-refractivity contribution < 1.29 is 0 Å². The summed E-state index contributed by atoms with van der Waals surface area (Å²) in [4.78, 5) is 0.703. The Morgan fingerprint density at radius 2 is 2.25 bits per heavy atom. The maximum Gasteiger partial charge on any atom is 0.0211 e. The number of allylic oxidation sites excluding steroid dienone is 2. The highest BCUT2D eigenvalue weighted by Crippen LogP contribution is 2.29. The molecule has 1 aliphatic carbocycles. The van der Waals surface area contributed by atoms with Gasteiger partial charge >= 0.3 is 0 Å². The third-order valence-electron chi connectivity index (χ3n) is 2.45. The van der Waals surface area contributed by atoms with Crippen LogP contribution in [0.5, 0.6) is 0 Å². The largest absolute Gasteiger partial charge is 0.0884 e. The third kappa shape index (κ3) is 3.30. The number of alkyl halides is 1. The van der Waals surface area contributed by atoms with E-state index in [1.165, 1.54) is 25.7 Å². The van der Waals surface area contributed by atoms with E-state index < -0.39 is 0 Å². The Bertz CT molecular complexity index is 149. The summed E-state index contributed by atoms with van der Waals surface area (Å²) in [5.74, 6) is 1.60. The van der Waals surface area contributed by atoms with Gasteiger partial charge < -0.3 is 0 Å². The molecule has 12 heavy (non-hydrogen) atoms. The summed E-state index contributed by atoms with van der Waals surface area (Å²) >= 11 is 3.79. The average molecular weight is 231 g/mol. The van der Waals surface area contributed by atoms with Crippen molar-refractivity contribution in [2.75, 3.05) is 0 Å². The van der Waals surface area contributed by atoms with Crippen molar-refractivity contribution in [2.45, 2.75) is 44.4 Å². The molecule has 0 aromatic heterocycles. The normalized spacial score (nSPS) is 26.2. The highest BCUT2D eigenvalue weighted by atomic mass is 79.9. The fourth-order valence-corrected chi connectivity index (χ4v) is 2.95. The van der Waals surface area contributed by atoms with Crippen molar-refractivity contribution in [2.24, 2.45) is 11.8 Å². The lowest BCUT2D eigenvalue weighted by atomic mass is 9.89. The van der Waals surface area contributed by atoms with E-state index in [1.807, 2.05) is 0 Å². The monoisotopic (exact) mass is 230 g/mol. The molecule has 0 aromatic carbocycles. The van der Waals surface area contributed by atoms with Crippen LogP contribution in [0.1, 0.15) is 39.5 Å². The van der Waals surface area contributed by atoms with Gasteiger partial charge in [-0.1, -0.05) is 41.9 Å². The predicted octanol–water partition coefficient (Wildman–Crippen LogP) is 4.15. The van der Waals surface area contributed by atoms with E-state index >= 15 is 0 Å². The Morgan fingerprint density at radius 1 is 1.50 bits per heavy atom. The van der Waals surface area contributed by atoms with E-state index in [-0.39, 0.29) is 0 Å². The maximum absolute atomic E-state index is 3.79. The molecule has 0 amide bonds. The van der Waals surface area contributed by atoms with E-state index in [0.29, 0.717) is 4.83 Å². The zero-order chi connectivity index (χ0) is 8.97. The summed E-state index contributed by atoms with van der Waals surface area (Å²) < 4.78 is 0. The van der Waals surface area contributed by atoms with Gasteiger partial charge in [-0.3, -0.25) is 0 Å². The Morgan fingerprint density at radius 3 is 2.75 bits per heavy atom. The summed E-state index contributed by atoms with van der Waals surface area (Å²) in [6.07, 6.45) is 10.1. The Balaban J connectivity index is 2.34. The molecule has 1 rings (SSSR count). The molecule has 0 aliphatic heterocycles. The molecule has 1 aliphatic rings. The van der Waals surface area contributed by atoms with Gasteiger partial charge in [0, 0.05) is 4.83 Å². The van der Waals surface area contributed by atoms with Gasteiger partial charge in [0.15, 0.2) is 0 Å². The first kappa shape index (κ1) is 10.3. The first-order chi connectivity index (χ1) is 5.70. The molecule has 0 spiro atoms. The lowest BCUT2D eigenvalue weighted by Gasteiger charge is -2.23. The van der Waals surface area contributed by atoms with Crippen LogP contribution in [0.15, 0.2) is 12.2 Å². The number of hydrogen-bond acceptors (Lipinski definition) is 0. The minimum Gasteiger partial charge on any atom is -0.0884 e. The minimum atomic E-state index is 0.703. The molecule has 0 saturated heterocycles. The fraction of sp³-hybridized carbons (Fsp3) is 0.818. The molecule has 0 N–H and O–H groups in total. The molecule has 0 aromatic rings. The fourth-order valence-electron chi connectivity index (χ4n) is 1.77. The van der Waals surface area contributed by atoms with Crippen molar-refractivity contribution in [1.82, 2.24) is 0 Å². The van der Waals surface area contributed by atoms with Gasteiger partial charge in [-0.15, -0.1) is 0 Å². The Kier molecular flexibility index (Phi) is 4.34. The molecule has 0 bridgehead atoms. The number of hydrogen-bond donors (Lipinski definition) is 0. The molecular weight excluding hydrogens is 212 g/mol. The molecule has 70 valence electrons. The van der Waals surface area contributed by atoms with Crippen LogP contribution in [0.2, 0.25) is 0 Å². The topological polar surface area (TPSA) is 0 Å². The van der Waals surface area contributed by atoms with Gasteiger partial charge in [0.2, 0.25) is 0 Å². The molecule has 0 saturated carbocycles. The average Bonchev–Trinajstić information content (AvgIpc) is 2.05. The van der Waals surface area contributed by atoms with Gasteiger partial charge in [-0.2, -0.15) is 0 Å². The predicted molar refractivity (Wildman–Crippen MR) is 58.7 cm³/mol. The zero-order valence-electron chi connectivity index (χ0n) is 8.09. The van der Waals surface area contributed by atoms with Crippen LogP contribution in [-0.2, 0) is 0 Å². The second-order valence-electron chi connectivity index (χ2n) is 4.17. The van der Waals surface area contributed by atoms with Crippen LogP contribution in [0, 0.1) is 11.8 Å². The van der Waals surface area contributed by atoms with Gasteiger partial charge in [0.25, 0.3) is 0 Å². The van der Waals surface area contributed by atoms with Crippen LogP contribution in [0.25, 0.3) is 0 Å². The standard InChI is InChI=1S/C11H19Br/c1-9(2)8-11(12)10-6-4-3-5-7-10/h4,6,9-11H,3,5,7-8H2,1-2H3. The van der Waals surface area contributed by atoms with Gasteiger partial charge in [-0.25, -0.2) is 0 Å². The summed E-state index contributed by atoms with van der Waals surface area (Å²) in [5, 5.41) is 0. The van der Waals surface area contributed by atoms with E-state index in [4.69, 9.17) is 0 Å². The summed E-state index contributed by atoms with van der Waals surface area (Å²) in [6.45, 7) is 4.58. The SMILES string of the molecule is CC(C)CC(Br)C1C=CCCC1. The van der Waals surface area contributed by atoms with E-state index in [0.717, 1.165) is 11.8 Å². The first-order valence-corrected chi connectivity index (χ1v) is 5.92. The van der Waals surface area contributed by atoms with Gasteiger partial charge in [-0.05, 0) is 37.5 Å². The second kappa shape index (κ2) is 5.06. The molecule has 2 atom stereocenters. The van der Waals surface area contributed by atoms with E-state index in [2.05, 4.69) is 41.9 Å². The van der Waals surface area contributed by atoms with Gasteiger partial charge in [0.05, 0.1) is 0 Å². The zero-order valence-corrected chi connectivity index (χ0v) is 9.68. The first-order valence-electron chi connectivity index (χ1n) is 5.01. The molecule has 0 radical (unpaired) electrons. The second-order valence-corrected chi connectivity index (χ2v) is 5.34. The van der Waals surface area contributed by atoms with Crippen molar-refractivity contribution in [1.29, 1.82) is 0 Å².